The van der Waals surface area contributed by atoms with Crippen LogP contribution in [-0.2, 0) is 9.36 Å². The van der Waals surface area contributed by atoms with Gasteiger partial charge >= 0.3 is 0 Å². The monoisotopic (exact) mass is 159 g/mol. The average molecular weight is 159 g/mol. The zero-order valence-electron chi connectivity index (χ0n) is 5.92. The second-order valence-corrected chi connectivity index (χ2v) is 4.20. The van der Waals surface area contributed by atoms with E-state index in [1.54, 1.807) is 0 Å². The van der Waals surface area contributed by atoms with Gasteiger partial charge in [0.15, 0.2) is 0 Å². The molecule has 0 heterocycles. The predicted molar refractivity (Wildman–Crippen MR) is 36.8 cm³/mol. The minimum Gasteiger partial charge on any atom is -0.339 e. The number of hydrogen-bond donors (Lipinski definition) is 1. The minimum atomic E-state index is -3.38. The first-order valence-corrected chi connectivity index (χ1v) is 4.18. The van der Waals surface area contributed by atoms with Crippen LogP contribution in [0.3, 0.4) is 0 Å². The smallest absolute Gasteiger partial charge is 0.263 e. The Bertz CT molecular complexity index is 145. The Labute approximate surface area is 76.6 Å². The van der Waals surface area contributed by atoms with Crippen LogP contribution in [0.25, 0.3) is 0 Å². The molecule has 0 amide bonds. The second kappa shape index (κ2) is 4.64. The molecule has 0 spiro atoms. The van der Waals surface area contributed by atoms with Crippen LogP contribution in [0.5, 0.6) is 0 Å². The molecule has 49 valence electrons. The van der Waals surface area contributed by atoms with Crippen molar-refractivity contribution in [1.29, 1.82) is 0 Å². The summed E-state index contributed by atoms with van der Waals surface area (Å²) in [6.45, 7) is 2.65. The Kier molecular flexibility index (Phi) is 6.46. The van der Waals surface area contributed by atoms with Gasteiger partial charge in [-0.1, -0.05) is 6.92 Å². The average Bonchev–Trinajstić information content (AvgIpc) is 1.67. The van der Waals surface area contributed by atoms with Gasteiger partial charge in [0, 0.05) is 42.6 Å². The molecule has 0 aliphatic carbocycles. The van der Waals surface area contributed by atoms with Gasteiger partial charge in [0.1, 0.15) is 0 Å². The number of rotatable bonds is 2. The summed E-state index contributed by atoms with van der Waals surface area (Å²) >= 11 is 0. The maximum Gasteiger partial charge on any atom is 0.263 e. The van der Waals surface area contributed by atoms with E-state index in [4.69, 9.17) is 4.89 Å². The Morgan fingerprint density at radius 1 is 1.67 bits per heavy atom. The van der Waals surface area contributed by atoms with Crippen molar-refractivity contribution in [1.82, 2.24) is 0 Å². The van der Waals surface area contributed by atoms with E-state index in [2.05, 4.69) is 0 Å². The van der Waals surface area contributed by atoms with Crippen LogP contribution in [0.1, 0.15) is 13.8 Å². The van der Waals surface area contributed by atoms with E-state index in [0.29, 0.717) is 0 Å². The van der Waals surface area contributed by atoms with Crippen LogP contribution >= 0.6 is 7.37 Å². The van der Waals surface area contributed by atoms with E-state index in [-0.39, 0.29) is 35.7 Å². The molecule has 0 aromatic carbocycles. The van der Waals surface area contributed by atoms with E-state index in [1.165, 1.54) is 6.92 Å². The van der Waals surface area contributed by atoms with Gasteiger partial charge in [0.2, 0.25) is 5.52 Å². The molecule has 1 radical (unpaired) electrons. The van der Waals surface area contributed by atoms with E-state index < -0.39 is 12.9 Å². The van der Waals surface area contributed by atoms with Gasteiger partial charge in [-0.25, -0.2) is 0 Å². The maximum absolute atomic E-state index is 10.5. The molecule has 5 heteroatoms. The number of hydrogen-bond acceptors (Lipinski definition) is 2. The molecule has 0 bridgehead atoms. The van der Waals surface area contributed by atoms with Crippen molar-refractivity contribution >= 4 is 42.5 Å². The van der Waals surface area contributed by atoms with Crippen LogP contribution in [0.15, 0.2) is 0 Å². The fourth-order valence-electron chi connectivity index (χ4n) is 0.223. The molecule has 1 unspecified atom stereocenters. The van der Waals surface area contributed by atoms with E-state index in [1.807, 2.05) is 0 Å². The first-order chi connectivity index (χ1) is 3.50. The summed E-state index contributed by atoms with van der Waals surface area (Å²) in [4.78, 5) is 18.8. The zero-order chi connectivity index (χ0) is 6.78. The van der Waals surface area contributed by atoms with Crippen molar-refractivity contribution in [3.63, 3.8) is 0 Å². The summed E-state index contributed by atoms with van der Waals surface area (Å²) in [5.74, 6) is 0. The quantitative estimate of drug-likeness (QED) is 0.469. The number of carbonyl (C=O) groups is 1. The second-order valence-electron chi connectivity index (χ2n) is 1.54. The van der Waals surface area contributed by atoms with Crippen molar-refractivity contribution in [3.8, 4) is 0 Å². The molecule has 0 fully saturated rings. The molecule has 1 atom stereocenters. The van der Waals surface area contributed by atoms with E-state index in [9.17, 15) is 9.36 Å². The Morgan fingerprint density at radius 2 is 2.00 bits per heavy atom. The van der Waals surface area contributed by atoms with Crippen molar-refractivity contribution in [2.24, 2.45) is 0 Å². The summed E-state index contributed by atoms with van der Waals surface area (Å²) < 4.78 is 10.5. The van der Waals surface area contributed by atoms with Crippen LogP contribution in [-0.4, -0.2) is 46.1 Å². The fourth-order valence-corrected chi connectivity index (χ4v) is 0.668. The van der Waals surface area contributed by atoms with Crippen molar-refractivity contribution in [2.45, 2.75) is 13.8 Å². The van der Waals surface area contributed by atoms with Crippen LogP contribution in [0, 0.1) is 0 Å². The van der Waals surface area contributed by atoms with Gasteiger partial charge < -0.3 is 4.89 Å². The fraction of sp³-hybridized carbons (Fsp3) is 0.750. The first-order valence-electron chi connectivity index (χ1n) is 2.33. The van der Waals surface area contributed by atoms with Crippen molar-refractivity contribution in [2.75, 3.05) is 6.16 Å². The van der Waals surface area contributed by atoms with Gasteiger partial charge in [0.25, 0.3) is 7.37 Å². The van der Waals surface area contributed by atoms with E-state index >= 15 is 0 Å². The van der Waals surface area contributed by atoms with Gasteiger partial charge in [-0.3, -0.25) is 9.36 Å². The molecule has 3 nitrogen and oxygen atoms in total. The predicted octanol–water partition coefficient (Wildman–Crippen LogP) is 0.442. The molecule has 0 saturated heterocycles. The molecule has 0 aromatic heterocycles. The molecule has 0 aliphatic heterocycles. The molecule has 0 aliphatic rings. The largest absolute Gasteiger partial charge is 0.339 e. The molecule has 0 saturated carbocycles. The SMILES string of the molecule is CCP(=O)(O)C(C)=O.[Na]. The van der Waals surface area contributed by atoms with Crippen molar-refractivity contribution in [3.05, 3.63) is 0 Å². The Hall–Kier alpha value is 0.860. The Balaban J connectivity index is 0. The number of carbonyl (C=O) groups excluding carboxylic acids is 1. The normalized spacial score (nSPS) is 15.4. The third-order valence-corrected chi connectivity index (χ3v) is 2.76. The van der Waals surface area contributed by atoms with Gasteiger partial charge in [-0.2, -0.15) is 0 Å². The third kappa shape index (κ3) is 4.29. The zero-order valence-corrected chi connectivity index (χ0v) is 8.81. The molecule has 1 N–H and O–H groups in total. The van der Waals surface area contributed by atoms with Crippen LogP contribution < -0.4 is 0 Å². The summed E-state index contributed by atoms with van der Waals surface area (Å²) in [5, 5.41) is 0. The van der Waals surface area contributed by atoms with Gasteiger partial charge in [-0.05, 0) is 0 Å². The molecule has 9 heavy (non-hydrogen) atoms. The molecule has 0 aromatic rings. The van der Waals surface area contributed by atoms with Gasteiger partial charge in [-0.15, -0.1) is 0 Å². The standard InChI is InChI=1S/C4H9O3P.Na/c1-3-8(6,7)4(2)5;/h3H2,1-2H3,(H,6,7);. The summed E-state index contributed by atoms with van der Waals surface area (Å²) in [6, 6.07) is 0. The van der Waals surface area contributed by atoms with Crippen molar-refractivity contribution < 1.29 is 14.3 Å². The Morgan fingerprint density at radius 3 is 2.00 bits per heavy atom. The molecule has 0 rings (SSSR count). The third-order valence-electron chi connectivity index (χ3n) is 0.921. The van der Waals surface area contributed by atoms with Gasteiger partial charge in [0.05, 0.1) is 0 Å². The van der Waals surface area contributed by atoms with Crippen LogP contribution in [0.2, 0.25) is 0 Å². The maximum atomic E-state index is 10.5. The van der Waals surface area contributed by atoms with E-state index in [0.717, 1.165) is 6.92 Å². The summed E-state index contributed by atoms with van der Waals surface area (Å²) in [7, 11) is -3.38. The van der Waals surface area contributed by atoms with Crippen LogP contribution in [0.4, 0.5) is 0 Å². The first kappa shape index (κ1) is 12.5. The summed E-state index contributed by atoms with van der Waals surface area (Å²) in [5.41, 5.74) is -0.611. The molecular formula is C4H9NaO3P. The minimum absolute atomic E-state index is 0. The molecular weight excluding hydrogens is 150 g/mol. The summed E-state index contributed by atoms with van der Waals surface area (Å²) in [6.07, 6.45) is 0.0440. The topological polar surface area (TPSA) is 54.4 Å².